The minimum absolute atomic E-state index is 0.187. The van der Waals surface area contributed by atoms with Crippen LogP contribution in [0, 0.1) is 11.8 Å². The van der Waals surface area contributed by atoms with Crippen molar-refractivity contribution in [2.45, 2.75) is 54.2 Å². The first-order valence-electron chi connectivity index (χ1n) is 15.9. The lowest BCUT2D eigenvalue weighted by molar-refractivity contribution is 0.287. The van der Waals surface area contributed by atoms with Gasteiger partial charge in [-0.1, -0.05) is 32.0 Å². The molecule has 47 heavy (non-hydrogen) atoms. The molecule has 0 bridgehead atoms. The highest BCUT2D eigenvalue weighted by Gasteiger charge is 2.30. The van der Waals surface area contributed by atoms with Gasteiger partial charge in [0.1, 0.15) is 0 Å². The van der Waals surface area contributed by atoms with E-state index in [0.717, 1.165) is 36.6 Å². The molecule has 2 aliphatic rings. The molecule has 2 aromatic heterocycles. The normalized spacial score (nSPS) is 17.9. The molecule has 250 valence electrons. The first-order chi connectivity index (χ1) is 22.4. The maximum absolute atomic E-state index is 13.0. The number of benzene rings is 3. The highest BCUT2D eigenvalue weighted by Crippen LogP contribution is 2.29. The number of nitrogens with one attached hydrogen (secondary N) is 1. The Balaban J connectivity index is 0.000000177. The smallest absolute Gasteiger partial charge is 0.268 e. The second-order valence-electron chi connectivity index (χ2n) is 12.6. The van der Waals surface area contributed by atoms with Gasteiger partial charge in [0, 0.05) is 54.9 Å². The van der Waals surface area contributed by atoms with E-state index in [2.05, 4.69) is 18.8 Å². The van der Waals surface area contributed by atoms with Crippen LogP contribution >= 0.6 is 0 Å². The molecule has 2 fully saturated rings. The lowest BCUT2D eigenvalue weighted by Gasteiger charge is -2.29. The van der Waals surface area contributed by atoms with E-state index in [0.29, 0.717) is 53.8 Å². The minimum atomic E-state index is -3.74. The Morgan fingerprint density at radius 2 is 1.11 bits per heavy atom. The van der Waals surface area contributed by atoms with E-state index >= 15 is 0 Å². The van der Waals surface area contributed by atoms with Crippen LogP contribution in [-0.2, 0) is 30.1 Å². The van der Waals surface area contributed by atoms with Gasteiger partial charge in [-0.15, -0.1) is 0 Å². The average Bonchev–Trinajstić information content (AvgIpc) is 3.73. The van der Waals surface area contributed by atoms with Crippen molar-refractivity contribution in [1.29, 1.82) is 0 Å². The number of sulfonamides is 2. The van der Waals surface area contributed by atoms with Gasteiger partial charge in [-0.05, 0) is 98.2 Å². The molecule has 2 aliphatic heterocycles. The summed E-state index contributed by atoms with van der Waals surface area (Å²) in [5.74, 6) is 1.16. The lowest BCUT2D eigenvalue weighted by atomic mass is 10.0. The van der Waals surface area contributed by atoms with Crippen LogP contribution in [0.3, 0.4) is 0 Å². The summed E-state index contributed by atoms with van der Waals surface area (Å²) in [4.78, 5) is 3.86. The standard InChI is InChI=1S/C20H22N2O4S2.C14H18N2O2S/c1-16-9-12-21(13-10-16)27(23,24)19-7-8-20-17(15-19)11-14-22(20)28(25,26)18-5-3-2-4-6-18;1-11-5-8-16(9-6-11)19(17,18)13-2-3-14-12(10-13)4-7-15-14/h2-8,11,14-16H,9-10,12-13H2,1H3;2-4,7,10-11,15H,5-6,8-9H2,1H3. The molecule has 2 saturated heterocycles. The Kier molecular flexibility index (Phi) is 9.38. The highest BCUT2D eigenvalue weighted by atomic mass is 32.2. The Morgan fingerprint density at radius 3 is 1.68 bits per heavy atom. The van der Waals surface area contributed by atoms with Crippen LogP contribution in [0.2, 0.25) is 0 Å². The Labute approximate surface area is 277 Å². The fraction of sp³-hybridized carbons (Fsp3) is 0.353. The predicted molar refractivity (Wildman–Crippen MR) is 184 cm³/mol. The Bertz CT molecular complexity index is 2200. The number of aromatic nitrogens is 2. The number of rotatable bonds is 6. The predicted octanol–water partition coefficient (Wildman–Crippen LogP) is 5.89. The van der Waals surface area contributed by atoms with E-state index in [1.54, 1.807) is 52.8 Å². The van der Waals surface area contributed by atoms with Crippen LogP contribution < -0.4 is 0 Å². The molecule has 5 aromatic rings. The van der Waals surface area contributed by atoms with Gasteiger partial charge < -0.3 is 4.98 Å². The van der Waals surface area contributed by atoms with E-state index in [1.165, 1.54) is 32.7 Å². The number of piperidine rings is 2. The Hall–Kier alpha value is -3.49. The third kappa shape index (κ3) is 6.77. The van der Waals surface area contributed by atoms with Gasteiger partial charge >= 0.3 is 0 Å². The fourth-order valence-corrected chi connectivity index (χ4v) is 10.5. The number of aromatic amines is 1. The zero-order chi connectivity index (χ0) is 33.4. The maximum atomic E-state index is 13.0. The van der Waals surface area contributed by atoms with Crippen LogP contribution in [0.25, 0.3) is 21.8 Å². The van der Waals surface area contributed by atoms with Gasteiger partial charge in [0.25, 0.3) is 10.0 Å². The molecule has 1 N–H and O–H groups in total. The van der Waals surface area contributed by atoms with Gasteiger partial charge in [-0.3, -0.25) is 0 Å². The number of H-pyrrole nitrogens is 1. The van der Waals surface area contributed by atoms with Crippen LogP contribution in [-0.4, -0.2) is 69.0 Å². The molecule has 7 rings (SSSR count). The molecule has 0 saturated carbocycles. The number of nitrogens with zero attached hydrogens (tertiary/aromatic N) is 3. The Morgan fingerprint density at radius 1 is 0.574 bits per heavy atom. The average molecular weight is 697 g/mol. The molecule has 0 atom stereocenters. The van der Waals surface area contributed by atoms with Crippen molar-refractivity contribution in [2.75, 3.05) is 26.2 Å². The fourth-order valence-electron chi connectivity index (χ4n) is 6.11. The zero-order valence-electron chi connectivity index (χ0n) is 26.5. The second-order valence-corrected chi connectivity index (χ2v) is 18.2. The first-order valence-corrected chi connectivity index (χ1v) is 20.2. The largest absolute Gasteiger partial charge is 0.361 e. The maximum Gasteiger partial charge on any atom is 0.268 e. The van der Waals surface area contributed by atoms with Crippen molar-refractivity contribution in [3.63, 3.8) is 0 Å². The molecular weight excluding hydrogens is 657 g/mol. The van der Waals surface area contributed by atoms with Gasteiger partial charge in [-0.25, -0.2) is 29.2 Å². The first kappa shape index (κ1) is 33.4. The van der Waals surface area contributed by atoms with Crippen molar-refractivity contribution in [1.82, 2.24) is 17.6 Å². The van der Waals surface area contributed by atoms with Crippen molar-refractivity contribution in [3.05, 3.63) is 91.3 Å². The van der Waals surface area contributed by atoms with Gasteiger partial charge in [0.15, 0.2) is 0 Å². The minimum Gasteiger partial charge on any atom is -0.361 e. The summed E-state index contributed by atoms with van der Waals surface area (Å²) in [7, 11) is -10.7. The van der Waals surface area contributed by atoms with E-state index < -0.39 is 30.1 Å². The van der Waals surface area contributed by atoms with Crippen LogP contribution in [0.5, 0.6) is 0 Å². The molecule has 4 heterocycles. The summed E-state index contributed by atoms with van der Waals surface area (Å²) in [6.07, 6.45) is 6.90. The summed E-state index contributed by atoms with van der Waals surface area (Å²) in [5.41, 5.74) is 1.42. The van der Waals surface area contributed by atoms with Crippen molar-refractivity contribution < 1.29 is 25.3 Å². The lowest BCUT2D eigenvalue weighted by Crippen LogP contribution is -2.37. The van der Waals surface area contributed by atoms with E-state index in [4.69, 9.17) is 0 Å². The topological polar surface area (TPSA) is 130 Å². The third-order valence-corrected chi connectivity index (χ3v) is 14.7. The van der Waals surface area contributed by atoms with Crippen LogP contribution in [0.15, 0.2) is 106 Å². The monoisotopic (exact) mass is 696 g/mol. The number of hydrogen-bond acceptors (Lipinski definition) is 6. The van der Waals surface area contributed by atoms with Crippen LogP contribution in [0.1, 0.15) is 39.5 Å². The van der Waals surface area contributed by atoms with Gasteiger partial charge in [-0.2, -0.15) is 8.61 Å². The van der Waals surface area contributed by atoms with E-state index in [-0.39, 0.29) is 9.79 Å². The molecule has 0 spiro atoms. The molecule has 10 nitrogen and oxygen atoms in total. The van der Waals surface area contributed by atoms with E-state index in [1.807, 2.05) is 18.3 Å². The summed E-state index contributed by atoms with van der Waals surface area (Å²) >= 11 is 0. The molecule has 0 radical (unpaired) electrons. The van der Waals surface area contributed by atoms with Crippen LogP contribution in [0.4, 0.5) is 0 Å². The molecule has 0 aliphatic carbocycles. The molecular formula is C34H40N4O6S3. The molecule has 13 heteroatoms. The van der Waals surface area contributed by atoms with Gasteiger partial charge in [0.05, 0.1) is 20.2 Å². The van der Waals surface area contributed by atoms with Gasteiger partial charge in [0.2, 0.25) is 20.0 Å². The van der Waals surface area contributed by atoms with Crippen molar-refractivity contribution >= 4 is 51.9 Å². The second kappa shape index (κ2) is 13.2. The SMILES string of the molecule is CC1CCN(S(=O)(=O)c2ccc3[nH]ccc3c2)CC1.CC1CCN(S(=O)(=O)c2ccc3c(ccn3S(=O)(=O)c3ccccc3)c2)CC1. The molecule has 0 amide bonds. The summed E-state index contributed by atoms with van der Waals surface area (Å²) in [6.45, 7) is 6.61. The quantitative estimate of drug-likeness (QED) is 0.236. The number of fused-ring (bicyclic) bond motifs is 2. The van der Waals surface area contributed by atoms with E-state index in [9.17, 15) is 25.3 Å². The third-order valence-electron chi connectivity index (χ3n) is 9.21. The summed E-state index contributed by atoms with van der Waals surface area (Å²) < 4.78 is 81.2. The van der Waals surface area contributed by atoms with Crippen molar-refractivity contribution in [2.24, 2.45) is 11.8 Å². The molecule has 0 unspecified atom stereocenters. The zero-order valence-corrected chi connectivity index (χ0v) is 28.9. The number of hydrogen-bond donors (Lipinski definition) is 1. The summed E-state index contributed by atoms with van der Waals surface area (Å²) in [6, 6.07) is 21.6. The summed E-state index contributed by atoms with van der Waals surface area (Å²) in [5, 5.41) is 1.51. The van der Waals surface area contributed by atoms with Crippen molar-refractivity contribution in [3.8, 4) is 0 Å². The highest BCUT2D eigenvalue weighted by molar-refractivity contribution is 7.90. The molecule has 3 aromatic carbocycles.